The molecule has 1 aliphatic rings. The third-order valence-corrected chi connectivity index (χ3v) is 2.75. The van der Waals surface area contributed by atoms with Crippen LogP contribution in [0.5, 0.6) is 0 Å². The quantitative estimate of drug-likeness (QED) is 0.410. The maximum Gasteiger partial charge on any atom is 0.191 e. The Morgan fingerprint density at radius 1 is 1.56 bits per heavy atom. The molecule has 1 unspecified atom stereocenters. The Labute approximate surface area is 98.8 Å². The molecule has 0 amide bonds. The minimum Gasteiger partial charge on any atom is -0.357 e. The summed E-state index contributed by atoms with van der Waals surface area (Å²) in [7, 11) is 2.17. The van der Waals surface area contributed by atoms with Crippen LogP contribution in [0.25, 0.3) is 0 Å². The summed E-state index contributed by atoms with van der Waals surface area (Å²) in [6.45, 7) is 10.7. The van der Waals surface area contributed by atoms with Gasteiger partial charge in [-0.15, -0.1) is 6.58 Å². The Balaban J connectivity index is 2.34. The van der Waals surface area contributed by atoms with Gasteiger partial charge in [-0.05, 0) is 32.9 Å². The summed E-state index contributed by atoms with van der Waals surface area (Å²) >= 11 is 0. The first-order valence-corrected chi connectivity index (χ1v) is 6.07. The highest BCUT2D eigenvalue weighted by atomic mass is 15.2. The monoisotopic (exact) mass is 224 g/mol. The van der Waals surface area contributed by atoms with Crippen molar-refractivity contribution in [2.24, 2.45) is 10.9 Å². The van der Waals surface area contributed by atoms with Crippen LogP contribution in [0.15, 0.2) is 17.6 Å². The van der Waals surface area contributed by atoms with E-state index in [4.69, 9.17) is 0 Å². The van der Waals surface area contributed by atoms with E-state index in [1.54, 1.807) is 0 Å². The highest BCUT2D eigenvalue weighted by Gasteiger charge is 2.18. The molecule has 0 aromatic rings. The highest BCUT2D eigenvalue weighted by molar-refractivity contribution is 5.79. The molecule has 0 spiro atoms. The summed E-state index contributed by atoms with van der Waals surface area (Å²) in [5, 5.41) is 6.44. The second kappa shape index (κ2) is 7.28. The smallest absolute Gasteiger partial charge is 0.191 e. The summed E-state index contributed by atoms with van der Waals surface area (Å²) in [5.74, 6) is 1.61. The molecule has 4 heteroatoms. The van der Waals surface area contributed by atoms with Crippen LogP contribution in [-0.2, 0) is 0 Å². The average molecular weight is 224 g/mol. The van der Waals surface area contributed by atoms with Gasteiger partial charge in [-0.25, -0.2) is 0 Å². The largest absolute Gasteiger partial charge is 0.357 e. The van der Waals surface area contributed by atoms with Gasteiger partial charge in [-0.2, -0.15) is 0 Å². The molecular formula is C12H24N4. The second-order valence-corrected chi connectivity index (χ2v) is 4.31. The van der Waals surface area contributed by atoms with Gasteiger partial charge in [-0.3, -0.25) is 4.99 Å². The van der Waals surface area contributed by atoms with Crippen LogP contribution in [0.4, 0.5) is 0 Å². The molecule has 1 heterocycles. The summed E-state index contributed by atoms with van der Waals surface area (Å²) in [5.41, 5.74) is 0. The summed E-state index contributed by atoms with van der Waals surface area (Å²) in [6, 6.07) is 0. The van der Waals surface area contributed by atoms with Crippen molar-refractivity contribution in [2.75, 3.05) is 39.8 Å². The molecule has 92 valence electrons. The lowest BCUT2D eigenvalue weighted by Crippen LogP contribution is -2.37. The van der Waals surface area contributed by atoms with E-state index in [2.05, 4.69) is 41.1 Å². The van der Waals surface area contributed by atoms with E-state index in [0.717, 1.165) is 25.6 Å². The van der Waals surface area contributed by atoms with Crippen LogP contribution >= 0.6 is 0 Å². The van der Waals surface area contributed by atoms with Gasteiger partial charge in [0.05, 0.1) is 0 Å². The van der Waals surface area contributed by atoms with Gasteiger partial charge < -0.3 is 15.5 Å². The molecule has 16 heavy (non-hydrogen) atoms. The normalized spacial score (nSPS) is 22.1. The lowest BCUT2D eigenvalue weighted by atomic mass is 10.1. The predicted octanol–water partition coefficient (Wildman–Crippen LogP) is 0.679. The van der Waals surface area contributed by atoms with Gasteiger partial charge in [0.25, 0.3) is 0 Å². The topological polar surface area (TPSA) is 39.7 Å². The van der Waals surface area contributed by atoms with Crippen LogP contribution in [0.3, 0.4) is 0 Å². The Bertz CT molecular complexity index is 237. The summed E-state index contributed by atoms with van der Waals surface area (Å²) < 4.78 is 0. The molecule has 0 saturated carbocycles. The van der Waals surface area contributed by atoms with Gasteiger partial charge in [0.1, 0.15) is 0 Å². The Morgan fingerprint density at radius 2 is 2.38 bits per heavy atom. The van der Waals surface area contributed by atoms with Crippen LogP contribution in [0.2, 0.25) is 0 Å². The molecule has 4 nitrogen and oxygen atoms in total. The number of nitrogens with zero attached hydrogens (tertiary/aromatic N) is 2. The van der Waals surface area contributed by atoms with E-state index < -0.39 is 0 Å². The van der Waals surface area contributed by atoms with Crippen molar-refractivity contribution >= 4 is 5.96 Å². The van der Waals surface area contributed by atoms with E-state index in [1.807, 2.05) is 6.08 Å². The second-order valence-electron chi connectivity index (χ2n) is 4.31. The molecule has 1 fully saturated rings. The van der Waals surface area contributed by atoms with Gasteiger partial charge in [0, 0.05) is 26.2 Å². The number of guanidine groups is 1. The van der Waals surface area contributed by atoms with Crippen molar-refractivity contribution in [1.82, 2.24) is 15.5 Å². The number of hydrogen-bond acceptors (Lipinski definition) is 2. The Kier molecular flexibility index (Phi) is 5.93. The molecule has 0 radical (unpaired) electrons. The molecule has 2 N–H and O–H groups in total. The summed E-state index contributed by atoms with van der Waals surface area (Å²) in [4.78, 5) is 6.95. The lowest BCUT2D eigenvalue weighted by molar-refractivity contribution is 0.397. The van der Waals surface area contributed by atoms with Crippen LogP contribution < -0.4 is 10.6 Å². The fourth-order valence-electron chi connectivity index (χ4n) is 1.91. The number of hydrogen-bond donors (Lipinski definition) is 2. The molecule has 1 saturated heterocycles. The van der Waals surface area contributed by atoms with Crippen LogP contribution in [0, 0.1) is 5.92 Å². The standard InChI is InChI=1S/C12H24N4/c1-4-7-14-12(13-5-2)15-9-11-6-8-16(3)10-11/h4,11H,1,5-10H2,2-3H3,(H2,13,14,15). The zero-order valence-corrected chi connectivity index (χ0v) is 10.5. The number of aliphatic imine (C=N–C) groups is 1. The number of nitrogens with one attached hydrogen (secondary N) is 2. The van der Waals surface area contributed by atoms with E-state index in [1.165, 1.54) is 19.5 Å². The molecule has 0 bridgehead atoms. The fraction of sp³-hybridized carbons (Fsp3) is 0.750. The van der Waals surface area contributed by atoms with E-state index in [-0.39, 0.29) is 0 Å². The van der Waals surface area contributed by atoms with Crippen molar-refractivity contribution in [3.8, 4) is 0 Å². The minimum atomic E-state index is 0.712. The molecular weight excluding hydrogens is 200 g/mol. The Morgan fingerprint density at radius 3 is 2.94 bits per heavy atom. The fourth-order valence-corrected chi connectivity index (χ4v) is 1.91. The number of likely N-dealkylation sites (tertiary alicyclic amines) is 1. The first-order chi connectivity index (χ1) is 7.76. The van der Waals surface area contributed by atoms with Crippen LogP contribution in [0.1, 0.15) is 13.3 Å². The third kappa shape index (κ3) is 4.66. The van der Waals surface area contributed by atoms with E-state index in [0.29, 0.717) is 5.92 Å². The van der Waals surface area contributed by atoms with Crippen molar-refractivity contribution in [3.05, 3.63) is 12.7 Å². The van der Waals surface area contributed by atoms with Crippen molar-refractivity contribution in [1.29, 1.82) is 0 Å². The summed E-state index contributed by atoms with van der Waals surface area (Å²) in [6.07, 6.45) is 3.11. The average Bonchev–Trinajstić information content (AvgIpc) is 2.68. The van der Waals surface area contributed by atoms with Gasteiger partial charge in [0.2, 0.25) is 0 Å². The third-order valence-electron chi connectivity index (χ3n) is 2.75. The van der Waals surface area contributed by atoms with E-state index >= 15 is 0 Å². The van der Waals surface area contributed by atoms with Crippen molar-refractivity contribution in [3.63, 3.8) is 0 Å². The highest BCUT2D eigenvalue weighted by Crippen LogP contribution is 2.13. The molecule has 1 atom stereocenters. The van der Waals surface area contributed by atoms with Crippen LogP contribution in [-0.4, -0.2) is 50.6 Å². The molecule has 0 aliphatic carbocycles. The van der Waals surface area contributed by atoms with Gasteiger partial charge in [0.15, 0.2) is 5.96 Å². The SMILES string of the molecule is C=CCNC(=NCC1CCN(C)C1)NCC. The first-order valence-electron chi connectivity index (χ1n) is 6.07. The Hall–Kier alpha value is -1.03. The first kappa shape index (κ1) is 13.0. The van der Waals surface area contributed by atoms with E-state index in [9.17, 15) is 0 Å². The van der Waals surface area contributed by atoms with Gasteiger partial charge >= 0.3 is 0 Å². The molecule has 0 aromatic carbocycles. The van der Waals surface area contributed by atoms with Crippen molar-refractivity contribution < 1.29 is 0 Å². The zero-order chi connectivity index (χ0) is 11.8. The number of rotatable bonds is 5. The van der Waals surface area contributed by atoms with Gasteiger partial charge in [-0.1, -0.05) is 6.08 Å². The zero-order valence-electron chi connectivity index (χ0n) is 10.5. The molecule has 0 aromatic heterocycles. The predicted molar refractivity (Wildman–Crippen MR) is 69.8 cm³/mol. The molecule has 1 aliphatic heterocycles. The minimum absolute atomic E-state index is 0.712. The lowest BCUT2D eigenvalue weighted by Gasteiger charge is -2.11. The molecule has 1 rings (SSSR count). The van der Waals surface area contributed by atoms with Crippen molar-refractivity contribution in [2.45, 2.75) is 13.3 Å². The maximum atomic E-state index is 4.59. The maximum absolute atomic E-state index is 4.59.